The van der Waals surface area contributed by atoms with Gasteiger partial charge in [0.2, 0.25) is 0 Å². The Hall–Kier alpha value is -3.80. The zero-order valence-electron chi connectivity index (χ0n) is 20.7. The molecule has 3 aromatic rings. The largest absolute Gasteiger partial charge is 0.434 e. The Morgan fingerprint density at radius 3 is 2.66 bits per heavy atom. The van der Waals surface area contributed by atoms with E-state index in [1.54, 1.807) is 23.2 Å². The molecule has 6 rings (SSSR count). The minimum absolute atomic E-state index is 0.00134. The number of carbonyl (C=O) groups excluding carboxylic acids is 2. The van der Waals surface area contributed by atoms with E-state index in [1.165, 1.54) is 10.6 Å². The van der Waals surface area contributed by atoms with Gasteiger partial charge in [0.05, 0.1) is 23.9 Å². The van der Waals surface area contributed by atoms with Gasteiger partial charge in [-0.15, -0.1) is 5.10 Å². The highest BCUT2D eigenvalue weighted by molar-refractivity contribution is 6.05. The van der Waals surface area contributed by atoms with Gasteiger partial charge in [0.25, 0.3) is 11.8 Å². The van der Waals surface area contributed by atoms with Crippen LogP contribution in [0.3, 0.4) is 0 Å². The van der Waals surface area contributed by atoms with Gasteiger partial charge in [0.15, 0.2) is 11.5 Å². The quantitative estimate of drug-likeness (QED) is 0.390. The van der Waals surface area contributed by atoms with Crippen LogP contribution >= 0.6 is 0 Å². The highest BCUT2D eigenvalue weighted by Crippen LogP contribution is 2.42. The molecule has 2 aromatic heterocycles. The van der Waals surface area contributed by atoms with Crippen molar-refractivity contribution in [2.45, 2.75) is 57.8 Å². The summed E-state index contributed by atoms with van der Waals surface area (Å²) in [7, 11) is 0. The number of anilines is 1. The van der Waals surface area contributed by atoms with E-state index in [9.17, 15) is 23.5 Å². The summed E-state index contributed by atoms with van der Waals surface area (Å²) in [6, 6.07) is 4.36. The molecule has 38 heavy (non-hydrogen) atoms. The van der Waals surface area contributed by atoms with E-state index in [2.05, 4.69) is 15.4 Å². The topological polar surface area (TPSA) is 135 Å². The van der Waals surface area contributed by atoms with E-state index in [-0.39, 0.29) is 58.9 Å². The summed E-state index contributed by atoms with van der Waals surface area (Å²) < 4.78 is 32.8. The highest BCUT2D eigenvalue weighted by Gasteiger charge is 2.40. The molecule has 0 radical (unpaired) electrons. The number of carbonyl (C=O) groups is 2. The number of nitrogens with two attached hydrogens (primary N) is 1. The second-order valence-electron chi connectivity index (χ2n) is 10.3. The van der Waals surface area contributed by atoms with Gasteiger partial charge in [-0.1, -0.05) is 0 Å². The average molecular weight is 527 g/mol. The average Bonchev–Trinajstić information content (AvgIpc) is 3.80. The third-order valence-electron chi connectivity index (χ3n) is 7.75. The molecule has 3 aliphatic rings. The molecule has 2 fully saturated rings. The number of alkyl halides is 2. The summed E-state index contributed by atoms with van der Waals surface area (Å²) in [6.45, 7) is -1.03. The Labute approximate surface area is 216 Å². The van der Waals surface area contributed by atoms with E-state index in [4.69, 9.17) is 10.5 Å². The van der Waals surface area contributed by atoms with Gasteiger partial charge in [0, 0.05) is 24.3 Å². The molecule has 2 amide bonds. The highest BCUT2D eigenvalue weighted by atomic mass is 19.3. The van der Waals surface area contributed by atoms with Crippen molar-refractivity contribution < 1.29 is 28.2 Å². The molecule has 12 heteroatoms. The molecule has 200 valence electrons. The van der Waals surface area contributed by atoms with Crippen LogP contribution in [-0.4, -0.2) is 61.7 Å². The molecule has 0 saturated heterocycles. The first-order valence-corrected chi connectivity index (χ1v) is 12.7. The Balaban J connectivity index is 1.38. The van der Waals surface area contributed by atoms with E-state index < -0.39 is 12.5 Å². The first-order valence-electron chi connectivity index (χ1n) is 12.7. The van der Waals surface area contributed by atoms with Gasteiger partial charge in [-0.2, -0.15) is 8.78 Å². The fourth-order valence-corrected chi connectivity index (χ4v) is 5.31. The molecule has 10 nitrogen and oxygen atoms in total. The van der Waals surface area contributed by atoms with Gasteiger partial charge in [-0.05, 0) is 68.2 Å². The van der Waals surface area contributed by atoms with Crippen molar-refractivity contribution in [1.82, 2.24) is 24.8 Å². The normalized spacial score (nSPS) is 18.7. The molecule has 0 bridgehead atoms. The van der Waals surface area contributed by atoms with Gasteiger partial charge in [-0.25, -0.2) is 9.50 Å². The molecule has 0 spiro atoms. The van der Waals surface area contributed by atoms with Crippen molar-refractivity contribution in [1.29, 1.82) is 0 Å². The Bertz CT molecular complexity index is 1430. The second-order valence-corrected chi connectivity index (χ2v) is 10.3. The fraction of sp³-hybridized carbons (Fsp3) is 0.462. The predicted molar refractivity (Wildman–Crippen MR) is 133 cm³/mol. The second kappa shape index (κ2) is 9.19. The first kappa shape index (κ1) is 24.5. The lowest BCUT2D eigenvalue weighted by atomic mass is 10.0. The summed E-state index contributed by atoms with van der Waals surface area (Å²) in [5.41, 5.74) is 7.85. The zero-order valence-corrected chi connectivity index (χ0v) is 20.7. The molecule has 4 N–H and O–H groups in total. The summed E-state index contributed by atoms with van der Waals surface area (Å²) in [5, 5.41) is 16.6. The van der Waals surface area contributed by atoms with Crippen molar-refractivity contribution in [2.75, 3.05) is 12.3 Å². The van der Waals surface area contributed by atoms with Crippen molar-refractivity contribution in [3.63, 3.8) is 0 Å². The Kier molecular flexibility index (Phi) is 5.93. The first-order chi connectivity index (χ1) is 18.2. The number of fused-ring (bicyclic) bond motifs is 2. The number of halogens is 2. The Morgan fingerprint density at radius 2 is 2.00 bits per heavy atom. The number of aromatic nitrogens is 3. The molecule has 1 aromatic carbocycles. The van der Waals surface area contributed by atoms with Crippen LogP contribution in [0.15, 0.2) is 24.4 Å². The lowest BCUT2D eigenvalue weighted by Gasteiger charge is -2.24. The van der Waals surface area contributed by atoms with Crippen molar-refractivity contribution in [3.8, 4) is 17.0 Å². The number of nitrogen functional groups attached to an aromatic ring is 1. The van der Waals surface area contributed by atoms with Crippen LogP contribution in [-0.2, 0) is 6.54 Å². The molecule has 2 unspecified atom stereocenters. The third kappa shape index (κ3) is 4.32. The summed E-state index contributed by atoms with van der Waals surface area (Å²) in [5.74, 6) is -0.407. The number of hydrogen-bond donors (Lipinski definition) is 3. The molecule has 2 aliphatic carbocycles. The maximum absolute atomic E-state index is 13.3. The number of amides is 2. The zero-order chi connectivity index (χ0) is 26.7. The number of nitrogens with one attached hydrogen (secondary N) is 1. The van der Waals surface area contributed by atoms with Crippen LogP contribution in [0, 0.1) is 11.8 Å². The van der Waals surface area contributed by atoms with E-state index in [0.717, 1.165) is 25.7 Å². The van der Waals surface area contributed by atoms with E-state index in [1.807, 2.05) is 6.92 Å². The lowest BCUT2D eigenvalue weighted by molar-refractivity contribution is -0.0501. The maximum atomic E-state index is 13.3. The smallest absolute Gasteiger partial charge is 0.387 e. The number of nitrogens with zero attached hydrogens (tertiary/aromatic N) is 4. The van der Waals surface area contributed by atoms with Crippen LogP contribution in [0.25, 0.3) is 16.9 Å². The van der Waals surface area contributed by atoms with E-state index in [0.29, 0.717) is 29.3 Å². The number of aliphatic hydroxyl groups excluding tert-OH is 1. The van der Waals surface area contributed by atoms with Crippen LogP contribution in [0.1, 0.15) is 58.9 Å². The predicted octanol–water partition coefficient (Wildman–Crippen LogP) is 2.83. The SMILES string of the molecule is CC(C1CC1)N1Cc2cc(-c3ccn4nc(N)c(C(=O)NC(CO)C5CC5)c4n3)cc(OC(F)F)c2C1=O. The number of rotatable bonds is 9. The van der Waals surface area contributed by atoms with Crippen LogP contribution < -0.4 is 15.8 Å². The van der Waals surface area contributed by atoms with Crippen molar-refractivity contribution in [2.24, 2.45) is 11.8 Å². The van der Waals surface area contributed by atoms with Gasteiger partial charge < -0.3 is 25.8 Å². The lowest BCUT2D eigenvalue weighted by Crippen LogP contribution is -2.39. The number of hydrogen-bond acceptors (Lipinski definition) is 7. The van der Waals surface area contributed by atoms with E-state index >= 15 is 0 Å². The van der Waals surface area contributed by atoms with Crippen LogP contribution in [0.2, 0.25) is 0 Å². The van der Waals surface area contributed by atoms with Gasteiger partial charge >= 0.3 is 6.61 Å². The van der Waals surface area contributed by atoms with Gasteiger partial charge in [-0.3, -0.25) is 9.59 Å². The number of ether oxygens (including phenoxy) is 1. The van der Waals surface area contributed by atoms with Gasteiger partial charge in [0.1, 0.15) is 11.3 Å². The fourth-order valence-electron chi connectivity index (χ4n) is 5.31. The standard InChI is InChI=1S/C26H28F2N6O4/c1-12(13-2-3-13)33-10-16-8-15(9-19(38-26(27)28)20(16)25(33)37)17-6-7-34-23(30-17)21(22(29)32-34)24(36)31-18(11-35)14-4-5-14/h6-9,12-14,18,26,35H,2-5,10-11H2,1H3,(H2,29,32)(H,31,36). The molecule has 1 aliphatic heterocycles. The minimum atomic E-state index is -3.11. The Morgan fingerprint density at radius 1 is 1.26 bits per heavy atom. The van der Waals surface area contributed by atoms with Crippen molar-refractivity contribution in [3.05, 3.63) is 41.1 Å². The number of aliphatic hydroxyl groups is 1. The molecule has 3 heterocycles. The molecular formula is C26H28F2N6O4. The molecule has 2 saturated carbocycles. The maximum Gasteiger partial charge on any atom is 0.387 e. The van der Waals surface area contributed by atoms with Crippen molar-refractivity contribution >= 4 is 23.3 Å². The third-order valence-corrected chi connectivity index (χ3v) is 7.75. The summed E-state index contributed by atoms with van der Waals surface area (Å²) >= 11 is 0. The van der Waals surface area contributed by atoms with Crippen LogP contribution in [0.4, 0.5) is 14.6 Å². The monoisotopic (exact) mass is 526 g/mol. The molecule has 2 atom stereocenters. The number of benzene rings is 1. The summed E-state index contributed by atoms with van der Waals surface area (Å²) in [4.78, 5) is 32.6. The van der Waals surface area contributed by atoms with Crippen LogP contribution in [0.5, 0.6) is 5.75 Å². The minimum Gasteiger partial charge on any atom is -0.434 e. The summed E-state index contributed by atoms with van der Waals surface area (Å²) in [6.07, 6.45) is 5.52. The molecular weight excluding hydrogens is 498 g/mol.